The van der Waals surface area contributed by atoms with Crippen LogP contribution in [0.3, 0.4) is 0 Å². The molecule has 4 rings (SSSR count). The van der Waals surface area contributed by atoms with Crippen molar-refractivity contribution in [2.75, 3.05) is 7.11 Å². The summed E-state index contributed by atoms with van der Waals surface area (Å²) in [6, 6.07) is 5.18. The molecule has 2 aromatic heterocycles. The number of alkyl halides is 2. The summed E-state index contributed by atoms with van der Waals surface area (Å²) >= 11 is 0. The first-order valence-corrected chi connectivity index (χ1v) is 8.74. The molecule has 2 atom stereocenters. The zero-order valence-corrected chi connectivity index (χ0v) is 15.1. The lowest BCUT2D eigenvalue weighted by Gasteiger charge is -2.18. The molecular weight excluding hydrogens is 366 g/mol. The van der Waals surface area contributed by atoms with Gasteiger partial charge < -0.3 is 9.84 Å². The Bertz CT molecular complexity index is 1040. The lowest BCUT2D eigenvalue weighted by molar-refractivity contribution is -0.00992. The summed E-state index contributed by atoms with van der Waals surface area (Å²) in [6.45, 7) is 3.90. The third kappa shape index (κ3) is 3.31. The number of hydrogen-bond donors (Lipinski definition) is 1. The van der Waals surface area contributed by atoms with Gasteiger partial charge in [-0.25, -0.2) is 13.8 Å². The van der Waals surface area contributed by atoms with Crippen molar-refractivity contribution in [3.63, 3.8) is 0 Å². The topological polar surface area (TPSA) is 81.0 Å². The fourth-order valence-corrected chi connectivity index (χ4v) is 3.61. The lowest BCUT2D eigenvalue weighted by atomic mass is 9.96. The molecule has 0 aliphatic heterocycles. The molecule has 0 spiro atoms. The van der Waals surface area contributed by atoms with Crippen LogP contribution >= 0.6 is 0 Å². The van der Waals surface area contributed by atoms with Crippen LogP contribution in [0.5, 0.6) is 5.75 Å². The van der Waals surface area contributed by atoms with Crippen molar-refractivity contribution >= 4 is 16.3 Å². The van der Waals surface area contributed by atoms with Gasteiger partial charge in [0.25, 0.3) is 5.92 Å². The number of pyridine rings is 1. The Labute approximate surface area is 159 Å². The number of phenols is 1. The second-order valence-electron chi connectivity index (χ2n) is 6.93. The summed E-state index contributed by atoms with van der Waals surface area (Å²) in [5, 5.41) is 20.1. The maximum atomic E-state index is 13.8. The van der Waals surface area contributed by atoms with Gasteiger partial charge >= 0.3 is 0 Å². The molecule has 1 N–H and O–H groups in total. The van der Waals surface area contributed by atoms with E-state index in [9.17, 15) is 13.9 Å². The summed E-state index contributed by atoms with van der Waals surface area (Å²) in [7, 11) is 1.41. The molecule has 144 valence electrons. The summed E-state index contributed by atoms with van der Waals surface area (Å²) in [6.07, 6.45) is 3.42. The first-order chi connectivity index (χ1) is 13.4. The van der Waals surface area contributed by atoms with Gasteiger partial charge in [-0.3, -0.25) is 4.98 Å². The van der Waals surface area contributed by atoms with E-state index >= 15 is 0 Å². The van der Waals surface area contributed by atoms with Crippen LogP contribution in [0.15, 0.2) is 43.4 Å². The summed E-state index contributed by atoms with van der Waals surface area (Å²) < 4.78 is 32.7. The van der Waals surface area contributed by atoms with E-state index in [1.165, 1.54) is 13.3 Å². The van der Waals surface area contributed by atoms with E-state index < -0.39 is 17.9 Å². The monoisotopic (exact) mass is 384 g/mol. The van der Waals surface area contributed by atoms with Crippen molar-refractivity contribution in [3.05, 3.63) is 49.2 Å². The third-order valence-corrected chi connectivity index (χ3v) is 5.10. The van der Waals surface area contributed by atoms with Gasteiger partial charge in [-0.15, -0.1) is 10.2 Å². The highest BCUT2D eigenvalue weighted by Gasteiger charge is 2.48. The van der Waals surface area contributed by atoms with Crippen LogP contribution in [0.25, 0.3) is 27.6 Å². The number of rotatable bonds is 4. The van der Waals surface area contributed by atoms with Crippen LogP contribution in [0, 0.1) is 5.92 Å². The molecule has 1 saturated carbocycles. The predicted octanol–water partition coefficient (Wildman–Crippen LogP) is 3.87. The molecule has 0 unspecified atom stereocenters. The zero-order chi connectivity index (χ0) is 19.9. The predicted molar refractivity (Wildman–Crippen MR) is 99.7 cm³/mol. The largest absolute Gasteiger partial charge is 0.507 e. The maximum Gasteiger partial charge on any atom is 0.251 e. The van der Waals surface area contributed by atoms with Crippen LogP contribution in [-0.2, 0) is 4.74 Å². The Morgan fingerprint density at radius 3 is 2.75 bits per heavy atom. The Kier molecular flexibility index (Phi) is 4.50. The normalized spacial score (nSPS) is 21.1. The van der Waals surface area contributed by atoms with Crippen LogP contribution in [-0.4, -0.2) is 44.4 Å². The van der Waals surface area contributed by atoms with Gasteiger partial charge in [0, 0.05) is 49.2 Å². The quantitative estimate of drug-likeness (QED) is 0.736. The number of fused-ring (bicyclic) bond motifs is 1. The van der Waals surface area contributed by atoms with Crippen molar-refractivity contribution in [3.8, 4) is 17.0 Å². The molecule has 1 aliphatic carbocycles. The molecule has 8 heteroatoms. The van der Waals surface area contributed by atoms with Crippen molar-refractivity contribution in [1.82, 2.24) is 20.2 Å². The van der Waals surface area contributed by atoms with Gasteiger partial charge in [0.05, 0.1) is 12.3 Å². The van der Waals surface area contributed by atoms with Crippen molar-refractivity contribution in [2.24, 2.45) is 5.92 Å². The molecule has 1 fully saturated rings. The van der Waals surface area contributed by atoms with Gasteiger partial charge in [0.15, 0.2) is 5.82 Å². The van der Waals surface area contributed by atoms with Crippen LogP contribution < -0.4 is 0 Å². The van der Waals surface area contributed by atoms with Crippen LogP contribution in [0.2, 0.25) is 0 Å². The molecule has 28 heavy (non-hydrogen) atoms. The fourth-order valence-electron chi connectivity index (χ4n) is 3.61. The Hall–Kier alpha value is -3.00. The minimum atomic E-state index is -2.80. The SMILES string of the molecule is C=C(c1ncc(-c2cc3ccncc3cc2O)nn1)[C@H]1CC(F)(F)C[C@@H]1OC. The second kappa shape index (κ2) is 6.87. The van der Waals surface area contributed by atoms with Crippen LogP contribution in [0.1, 0.15) is 18.7 Å². The van der Waals surface area contributed by atoms with Crippen molar-refractivity contribution in [2.45, 2.75) is 24.9 Å². The third-order valence-electron chi connectivity index (χ3n) is 5.10. The molecule has 1 aromatic carbocycles. The zero-order valence-electron chi connectivity index (χ0n) is 15.1. The number of methoxy groups -OCH3 is 1. The average molecular weight is 384 g/mol. The number of halogens is 2. The highest BCUT2D eigenvalue weighted by atomic mass is 19.3. The first-order valence-electron chi connectivity index (χ1n) is 8.74. The average Bonchev–Trinajstić information content (AvgIpc) is 3.02. The van der Waals surface area contributed by atoms with Gasteiger partial charge in [0.2, 0.25) is 0 Å². The number of hydrogen-bond acceptors (Lipinski definition) is 6. The van der Waals surface area contributed by atoms with Crippen molar-refractivity contribution in [1.29, 1.82) is 0 Å². The fraction of sp³-hybridized carbons (Fsp3) is 0.300. The lowest BCUT2D eigenvalue weighted by Crippen LogP contribution is -2.18. The number of nitrogens with zero attached hydrogens (tertiary/aromatic N) is 4. The Morgan fingerprint density at radius 2 is 2.04 bits per heavy atom. The molecule has 1 aliphatic rings. The highest BCUT2D eigenvalue weighted by molar-refractivity contribution is 5.89. The number of aromatic hydroxyl groups is 1. The van der Waals surface area contributed by atoms with Gasteiger partial charge in [-0.2, -0.15) is 0 Å². The molecule has 0 saturated heterocycles. The molecule has 0 amide bonds. The van der Waals surface area contributed by atoms with Gasteiger partial charge in [-0.05, 0) is 29.2 Å². The Morgan fingerprint density at radius 1 is 1.21 bits per heavy atom. The van der Waals surface area contributed by atoms with E-state index in [0.29, 0.717) is 16.8 Å². The van der Waals surface area contributed by atoms with E-state index in [0.717, 1.165) is 10.8 Å². The molecule has 0 radical (unpaired) electrons. The van der Waals surface area contributed by atoms with Gasteiger partial charge in [-0.1, -0.05) is 6.58 Å². The van der Waals surface area contributed by atoms with E-state index in [-0.39, 0.29) is 24.4 Å². The minimum Gasteiger partial charge on any atom is -0.507 e. The number of benzene rings is 1. The molecule has 3 aromatic rings. The van der Waals surface area contributed by atoms with Crippen LogP contribution in [0.4, 0.5) is 8.78 Å². The number of phenolic OH excluding ortho intramolecular Hbond substituents is 1. The number of ether oxygens (including phenoxy) is 1. The standard InChI is InChI=1S/C20H18F2N4O2/c1-11(15-7-20(21,22)8-18(15)28-2)19-24-10-16(25-26-19)14-5-12-3-4-23-9-13(12)6-17(14)27/h3-6,9-10,15,18,27H,1,7-8H2,2H3/t15-,18+/m1/s1. The maximum absolute atomic E-state index is 13.8. The van der Waals surface area contributed by atoms with Crippen molar-refractivity contribution < 1.29 is 18.6 Å². The number of aromatic nitrogens is 4. The van der Waals surface area contributed by atoms with E-state index in [4.69, 9.17) is 4.74 Å². The van der Waals surface area contributed by atoms with E-state index in [1.807, 2.05) is 6.07 Å². The van der Waals surface area contributed by atoms with E-state index in [2.05, 4.69) is 26.7 Å². The molecule has 6 nitrogen and oxygen atoms in total. The summed E-state index contributed by atoms with van der Waals surface area (Å²) in [4.78, 5) is 8.26. The summed E-state index contributed by atoms with van der Waals surface area (Å²) in [5.41, 5.74) is 1.21. The van der Waals surface area contributed by atoms with Gasteiger partial charge in [0.1, 0.15) is 11.4 Å². The molecular formula is C20H18F2N4O2. The molecule has 2 heterocycles. The minimum absolute atomic E-state index is 0.0260. The second-order valence-corrected chi connectivity index (χ2v) is 6.93. The molecule has 0 bridgehead atoms. The van der Waals surface area contributed by atoms with E-state index in [1.54, 1.807) is 24.5 Å². The highest BCUT2D eigenvalue weighted by Crippen LogP contribution is 2.45. The first kappa shape index (κ1) is 18.4. The summed E-state index contributed by atoms with van der Waals surface area (Å²) in [5.74, 6) is -3.15. The Balaban J connectivity index is 1.62. The smallest absolute Gasteiger partial charge is 0.251 e.